The van der Waals surface area contributed by atoms with Crippen LogP contribution in [0.15, 0.2) is 60.9 Å². The molecule has 0 aliphatic carbocycles. The molecule has 120 valence electrons. The van der Waals surface area contributed by atoms with E-state index in [1.54, 1.807) is 12.1 Å². The van der Waals surface area contributed by atoms with E-state index in [2.05, 4.69) is 0 Å². The maximum absolute atomic E-state index is 11.8. The Morgan fingerprint density at radius 3 is 2.33 bits per heavy atom. The van der Waals surface area contributed by atoms with Crippen LogP contribution < -0.4 is 4.74 Å². The highest BCUT2D eigenvalue weighted by Gasteiger charge is 2.06. The number of aryl methyl sites for hydroxylation is 1. The summed E-state index contributed by atoms with van der Waals surface area (Å²) in [5, 5.41) is 8.68. The van der Waals surface area contributed by atoms with Crippen molar-refractivity contribution in [1.29, 1.82) is 5.26 Å². The Morgan fingerprint density at radius 2 is 1.75 bits per heavy atom. The van der Waals surface area contributed by atoms with Gasteiger partial charge in [0.05, 0.1) is 23.3 Å². The first-order valence-corrected chi connectivity index (χ1v) is 7.31. The number of nitriles is 1. The lowest BCUT2D eigenvalue weighted by Gasteiger charge is -2.02. The minimum atomic E-state index is -0.686. The average molecular weight is 321 g/mol. The molecule has 5 nitrogen and oxygen atoms in total. The summed E-state index contributed by atoms with van der Waals surface area (Å²) in [7, 11) is 0. The molecule has 0 aromatic heterocycles. The molecule has 0 saturated carbocycles. The predicted octanol–water partition coefficient (Wildman–Crippen LogP) is 3.40. The number of rotatable bonds is 5. The molecule has 0 aliphatic rings. The van der Waals surface area contributed by atoms with Crippen LogP contribution >= 0.6 is 0 Å². The molecular formula is C19H15NO4. The fraction of sp³-hybridized carbons (Fsp3) is 0.105. The molecule has 2 aromatic carbocycles. The highest BCUT2D eigenvalue weighted by atomic mass is 16.5. The Labute approximate surface area is 139 Å². The summed E-state index contributed by atoms with van der Waals surface area (Å²) < 4.78 is 9.89. The van der Waals surface area contributed by atoms with E-state index in [1.807, 2.05) is 25.1 Å². The Kier molecular flexibility index (Phi) is 5.87. The van der Waals surface area contributed by atoms with E-state index in [1.165, 1.54) is 24.3 Å². The number of benzene rings is 2. The molecule has 0 amide bonds. The minimum absolute atomic E-state index is 0.296. The number of carbonyl (C=O) groups excluding carboxylic acids is 2. The second-order valence-corrected chi connectivity index (χ2v) is 4.82. The number of carbonyl (C=O) groups is 2. The summed E-state index contributed by atoms with van der Waals surface area (Å²) in [6, 6.07) is 15.1. The largest absolute Gasteiger partial charge is 0.431 e. The van der Waals surface area contributed by atoms with E-state index >= 15 is 0 Å². The van der Waals surface area contributed by atoms with Crippen LogP contribution in [0.5, 0.6) is 5.75 Å². The topological polar surface area (TPSA) is 76.4 Å². The van der Waals surface area contributed by atoms with Gasteiger partial charge in [-0.3, -0.25) is 0 Å². The van der Waals surface area contributed by atoms with Crippen molar-refractivity contribution >= 4 is 11.9 Å². The molecule has 0 heterocycles. The van der Waals surface area contributed by atoms with Crippen LogP contribution in [-0.2, 0) is 16.0 Å². The molecular weight excluding hydrogens is 306 g/mol. The maximum atomic E-state index is 11.8. The van der Waals surface area contributed by atoms with Gasteiger partial charge in [-0.1, -0.05) is 19.1 Å². The van der Waals surface area contributed by atoms with Crippen LogP contribution in [0.1, 0.15) is 28.4 Å². The van der Waals surface area contributed by atoms with Gasteiger partial charge in [-0.05, 0) is 48.4 Å². The molecule has 0 N–H and O–H groups in total. The first-order chi connectivity index (χ1) is 11.6. The first-order valence-electron chi connectivity index (χ1n) is 7.31. The van der Waals surface area contributed by atoms with Crippen LogP contribution in [-0.4, -0.2) is 11.9 Å². The number of ether oxygens (including phenoxy) is 2. The van der Waals surface area contributed by atoms with Crippen molar-refractivity contribution in [3.8, 4) is 11.8 Å². The molecule has 0 saturated heterocycles. The second kappa shape index (κ2) is 8.30. The third-order valence-electron chi connectivity index (χ3n) is 3.18. The van der Waals surface area contributed by atoms with E-state index < -0.39 is 11.9 Å². The van der Waals surface area contributed by atoms with Gasteiger partial charge in [0.2, 0.25) is 0 Å². The van der Waals surface area contributed by atoms with Gasteiger partial charge in [-0.2, -0.15) is 5.26 Å². The monoisotopic (exact) mass is 321 g/mol. The van der Waals surface area contributed by atoms with Crippen LogP contribution in [0.4, 0.5) is 0 Å². The standard InChI is InChI=1S/C19H15NO4/c1-2-14-3-7-16(8-4-14)19(22)23-12-11-18(21)24-17-9-5-15(13-20)6-10-17/h3-12H,2H2,1H3/b12-11+. The summed E-state index contributed by atoms with van der Waals surface area (Å²) in [4.78, 5) is 23.4. The second-order valence-electron chi connectivity index (χ2n) is 4.82. The summed E-state index contributed by atoms with van der Waals surface area (Å²) >= 11 is 0. The lowest BCUT2D eigenvalue weighted by atomic mass is 10.1. The predicted molar refractivity (Wildman–Crippen MR) is 87.2 cm³/mol. The molecule has 2 rings (SSSR count). The zero-order valence-electron chi connectivity index (χ0n) is 13.1. The van der Waals surface area contributed by atoms with Crippen molar-refractivity contribution in [2.45, 2.75) is 13.3 Å². The maximum Gasteiger partial charge on any atom is 0.342 e. The van der Waals surface area contributed by atoms with E-state index in [-0.39, 0.29) is 0 Å². The number of hydrogen-bond acceptors (Lipinski definition) is 5. The van der Waals surface area contributed by atoms with E-state index in [0.29, 0.717) is 16.9 Å². The van der Waals surface area contributed by atoms with Gasteiger partial charge in [-0.25, -0.2) is 9.59 Å². The molecule has 0 unspecified atom stereocenters. The summed E-state index contributed by atoms with van der Waals surface area (Å²) in [6.07, 6.45) is 2.88. The normalized spacial score (nSPS) is 10.2. The smallest absolute Gasteiger partial charge is 0.342 e. The zero-order chi connectivity index (χ0) is 17.4. The summed E-state index contributed by atoms with van der Waals surface area (Å²) in [6.45, 7) is 2.02. The van der Waals surface area contributed by atoms with Gasteiger partial charge < -0.3 is 9.47 Å². The van der Waals surface area contributed by atoms with Crippen molar-refractivity contribution in [2.24, 2.45) is 0 Å². The average Bonchev–Trinajstić information content (AvgIpc) is 2.62. The van der Waals surface area contributed by atoms with Crippen LogP contribution in [0, 0.1) is 11.3 Å². The highest BCUT2D eigenvalue weighted by Crippen LogP contribution is 2.12. The van der Waals surface area contributed by atoms with Crippen LogP contribution in [0.25, 0.3) is 0 Å². The summed E-state index contributed by atoms with van der Waals surface area (Å²) in [5.74, 6) is -0.945. The minimum Gasteiger partial charge on any atom is -0.431 e. The molecule has 5 heteroatoms. The van der Waals surface area contributed by atoms with Crippen molar-refractivity contribution in [1.82, 2.24) is 0 Å². The molecule has 0 bridgehead atoms. The fourth-order valence-electron chi connectivity index (χ4n) is 1.84. The van der Waals surface area contributed by atoms with Gasteiger partial charge in [0, 0.05) is 0 Å². The van der Waals surface area contributed by atoms with Crippen LogP contribution in [0.2, 0.25) is 0 Å². The fourth-order valence-corrected chi connectivity index (χ4v) is 1.84. The zero-order valence-corrected chi connectivity index (χ0v) is 13.1. The quantitative estimate of drug-likeness (QED) is 0.365. The third-order valence-corrected chi connectivity index (χ3v) is 3.18. The molecule has 24 heavy (non-hydrogen) atoms. The van der Waals surface area contributed by atoms with E-state index in [0.717, 1.165) is 24.3 Å². The SMILES string of the molecule is CCc1ccc(C(=O)O/C=C/C(=O)Oc2ccc(C#N)cc2)cc1. The van der Waals surface area contributed by atoms with Crippen molar-refractivity contribution in [3.63, 3.8) is 0 Å². The van der Waals surface area contributed by atoms with Gasteiger partial charge in [-0.15, -0.1) is 0 Å². The number of hydrogen-bond donors (Lipinski definition) is 0. The Hall–Kier alpha value is -3.39. The van der Waals surface area contributed by atoms with Gasteiger partial charge in [0.15, 0.2) is 0 Å². The Balaban J connectivity index is 1.86. The van der Waals surface area contributed by atoms with Gasteiger partial charge >= 0.3 is 11.9 Å². The van der Waals surface area contributed by atoms with Crippen molar-refractivity contribution < 1.29 is 19.1 Å². The van der Waals surface area contributed by atoms with Gasteiger partial charge in [0.1, 0.15) is 12.0 Å². The molecule has 0 radical (unpaired) electrons. The molecule has 2 aromatic rings. The Morgan fingerprint density at radius 1 is 1.08 bits per heavy atom. The molecule has 0 spiro atoms. The van der Waals surface area contributed by atoms with Gasteiger partial charge in [0.25, 0.3) is 0 Å². The lowest BCUT2D eigenvalue weighted by Crippen LogP contribution is -2.05. The molecule has 0 aliphatic heterocycles. The number of nitrogens with zero attached hydrogens (tertiary/aromatic N) is 1. The van der Waals surface area contributed by atoms with Crippen molar-refractivity contribution in [3.05, 3.63) is 77.6 Å². The first kappa shape index (κ1) is 17.0. The van der Waals surface area contributed by atoms with E-state index in [4.69, 9.17) is 14.7 Å². The van der Waals surface area contributed by atoms with E-state index in [9.17, 15) is 9.59 Å². The van der Waals surface area contributed by atoms with Crippen LogP contribution in [0.3, 0.4) is 0 Å². The molecule has 0 fully saturated rings. The highest BCUT2D eigenvalue weighted by molar-refractivity contribution is 5.90. The Bertz CT molecular complexity index is 784. The lowest BCUT2D eigenvalue weighted by molar-refractivity contribution is -0.129. The third kappa shape index (κ3) is 4.82. The number of esters is 2. The summed E-state index contributed by atoms with van der Waals surface area (Å²) in [5.41, 5.74) is 1.98. The molecule has 0 atom stereocenters. The van der Waals surface area contributed by atoms with Crippen molar-refractivity contribution in [2.75, 3.05) is 0 Å².